The second kappa shape index (κ2) is 16.1. The Morgan fingerprint density at radius 3 is 2.21 bits per heavy atom. The number of anilines is 1. The molecule has 1 aliphatic carbocycles. The number of benzene rings is 2. The number of amides is 1. The third kappa shape index (κ3) is 9.51. The summed E-state index contributed by atoms with van der Waals surface area (Å²) in [6.07, 6.45) is 7.34. The molecule has 0 aliphatic heterocycles. The predicted octanol–water partition coefficient (Wildman–Crippen LogP) is 6.97. The fourth-order valence-electron chi connectivity index (χ4n) is 4.35. The smallest absolute Gasteiger partial charge is 0.379 e. The van der Waals surface area contributed by atoms with E-state index in [1.54, 1.807) is 6.07 Å². The van der Waals surface area contributed by atoms with Crippen molar-refractivity contribution in [3.8, 4) is 0 Å². The monoisotopic (exact) mass is 687 g/mol. The molecule has 0 bridgehead atoms. The van der Waals surface area contributed by atoms with Crippen LogP contribution >= 0.6 is 0 Å². The van der Waals surface area contributed by atoms with Crippen molar-refractivity contribution >= 4 is 23.7 Å². The van der Waals surface area contributed by atoms with Crippen molar-refractivity contribution in [1.82, 2.24) is 0 Å². The molecule has 0 atom stereocenters. The Kier molecular flexibility index (Phi) is 15.3. The minimum absolute atomic E-state index is 0. The Morgan fingerprint density at radius 1 is 1.09 bits per heavy atom. The van der Waals surface area contributed by atoms with Gasteiger partial charge in [-0.25, -0.2) is 0 Å². The Hall–Kier alpha value is -1.70. The molecule has 0 unspecified atom stereocenters. The molecule has 2 aromatic rings. The molecule has 1 fully saturated rings. The maximum absolute atomic E-state index is 12.1. The molecule has 4 nitrogen and oxygen atoms in total. The van der Waals surface area contributed by atoms with E-state index in [2.05, 4.69) is 18.3 Å². The summed E-state index contributed by atoms with van der Waals surface area (Å²) in [5.74, 6) is 1.24. The van der Waals surface area contributed by atoms with E-state index in [0.29, 0.717) is 11.1 Å². The van der Waals surface area contributed by atoms with Gasteiger partial charge in [0.15, 0.2) is 5.78 Å². The van der Waals surface area contributed by atoms with Gasteiger partial charge < -0.3 is 12.7 Å². The van der Waals surface area contributed by atoms with Crippen molar-refractivity contribution < 1.29 is 45.5 Å². The van der Waals surface area contributed by atoms with E-state index < -0.39 is 0 Å². The van der Waals surface area contributed by atoms with Crippen LogP contribution in [0.1, 0.15) is 90.3 Å². The molecule has 182 valence electrons. The number of aryl methyl sites for hydroxylation is 2. The zero-order valence-corrected chi connectivity index (χ0v) is 25.7. The summed E-state index contributed by atoms with van der Waals surface area (Å²) in [6, 6.07) is 12.4. The number of nitrogens with one attached hydrogen (secondary N) is 1. The fourth-order valence-corrected chi connectivity index (χ4v) is 4.35. The summed E-state index contributed by atoms with van der Waals surface area (Å²) in [5.41, 5.74) is 5.27. The molecule has 1 saturated carbocycles. The molecule has 0 heterocycles. The van der Waals surface area contributed by atoms with Gasteiger partial charge in [0.2, 0.25) is 5.91 Å². The van der Waals surface area contributed by atoms with Crippen molar-refractivity contribution in [2.24, 2.45) is 11.8 Å². The minimum atomic E-state index is 0. The molecule has 5 heteroatoms. The fraction of sp³-hybridized carbons (Fsp3) is 0.448. The van der Waals surface area contributed by atoms with Crippen LogP contribution in [0.2, 0.25) is 0 Å². The first-order chi connectivity index (χ1) is 15.3. The number of carbonyl (C=O) groups is 3. The third-order valence-corrected chi connectivity index (χ3v) is 6.39. The topological polar surface area (TPSA) is 63.2 Å². The van der Waals surface area contributed by atoms with Gasteiger partial charge in [-0.05, 0) is 75.1 Å². The van der Waals surface area contributed by atoms with Gasteiger partial charge in [-0.3, -0.25) is 14.4 Å². The van der Waals surface area contributed by atoms with Crippen LogP contribution in [-0.4, -0.2) is 18.0 Å². The summed E-state index contributed by atoms with van der Waals surface area (Å²) in [5, 5.41) is 3.00. The maximum atomic E-state index is 12.1. The van der Waals surface area contributed by atoms with Crippen molar-refractivity contribution in [2.45, 2.75) is 73.1 Å². The molecule has 2 aromatic carbocycles. The largest absolute Gasteiger partial charge is 2.00 e. The number of hydrogen-bond donors (Lipinski definition) is 1. The SMILES string of the molecule is CCC1CCC(C(=O)Nc2c[c-]c(C)cc2)CC1.CCc1c(C)cc(C=O)cc1C(C)=O.[CH3-].[U+2]. The second-order valence-corrected chi connectivity index (χ2v) is 8.77. The van der Waals surface area contributed by atoms with E-state index in [-0.39, 0.29) is 56.1 Å². The van der Waals surface area contributed by atoms with E-state index in [1.165, 1.54) is 26.2 Å². The molecular formula is C29H39NO3U. The van der Waals surface area contributed by atoms with Crippen LogP contribution in [0.3, 0.4) is 0 Å². The normalized spacial score (nSPS) is 16.6. The summed E-state index contributed by atoms with van der Waals surface area (Å²) in [6.45, 7) is 9.71. The van der Waals surface area contributed by atoms with Gasteiger partial charge in [-0.15, -0.1) is 6.07 Å². The molecule has 34 heavy (non-hydrogen) atoms. The van der Waals surface area contributed by atoms with Crippen molar-refractivity contribution in [1.29, 1.82) is 0 Å². The van der Waals surface area contributed by atoms with Crippen LogP contribution in [0.15, 0.2) is 30.3 Å². The number of carbonyl (C=O) groups excluding carboxylic acids is 3. The second-order valence-electron chi connectivity index (χ2n) is 8.77. The van der Waals surface area contributed by atoms with E-state index in [0.717, 1.165) is 53.8 Å². The first-order valence-corrected chi connectivity index (χ1v) is 11.7. The predicted molar refractivity (Wildman–Crippen MR) is 137 cm³/mol. The average Bonchev–Trinajstić information content (AvgIpc) is 2.80. The summed E-state index contributed by atoms with van der Waals surface area (Å²) >= 11 is 0. The zero-order valence-electron chi connectivity index (χ0n) is 21.6. The Bertz CT molecular complexity index is 929. The molecule has 1 aliphatic rings. The summed E-state index contributed by atoms with van der Waals surface area (Å²) in [4.78, 5) is 34.1. The third-order valence-electron chi connectivity index (χ3n) is 6.39. The first-order valence-electron chi connectivity index (χ1n) is 11.7. The van der Waals surface area contributed by atoms with Crippen molar-refractivity contribution in [2.75, 3.05) is 5.32 Å². The van der Waals surface area contributed by atoms with E-state index >= 15 is 0 Å². The maximum Gasteiger partial charge on any atom is 2.00 e. The number of ketones is 1. The number of hydrogen-bond acceptors (Lipinski definition) is 3. The Balaban J connectivity index is 0.000000623. The molecule has 0 spiro atoms. The van der Waals surface area contributed by atoms with Crippen LogP contribution < -0.4 is 5.32 Å². The quantitative estimate of drug-likeness (QED) is 0.203. The molecule has 0 radical (unpaired) electrons. The van der Waals surface area contributed by atoms with E-state index in [9.17, 15) is 14.4 Å². The van der Waals surface area contributed by atoms with Crippen LogP contribution in [0.25, 0.3) is 0 Å². The van der Waals surface area contributed by atoms with Crippen LogP contribution in [-0.2, 0) is 11.2 Å². The summed E-state index contributed by atoms with van der Waals surface area (Å²) in [7, 11) is 0. The van der Waals surface area contributed by atoms with Gasteiger partial charge in [0.1, 0.15) is 6.29 Å². The van der Waals surface area contributed by atoms with Crippen LogP contribution in [0.4, 0.5) is 5.69 Å². The van der Waals surface area contributed by atoms with Crippen LogP contribution in [0.5, 0.6) is 0 Å². The van der Waals surface area contributed by atoms with Gasteiger partial charge in [-0.1, -0.05) is 32.9 Å². The van der Waals surface area contributed by atoms with Crippen molar-refractivity contribution in [3.63, 3.8) is 0 Å². The average molecular weight is 688 g/mol. The zero-order chi connectivity index (χ0) is 23.7. The molecule has 0 aromatic heterocycles. The van der Waals surface area contributed by atoms with Gasteiger partial charge >= 0.3 is 31.1 Å². The number of rotatable bonds is 6. The number of Topliss-reactive ketones (excluding diaryl/α,β-unsaturated/α-hetero) is 1. The summed E-state index contributed by atoms with van der Waals surface area (Å²) < 4.78 is 0. The molecule has 0 saturated heterocycles. The molecule has 1 amide bonds. The standard InChI is InChI=1S/C16H22NO.C12H14O2.CH3.U/c1-3-13-6-8-14(9-7-13)16(18)17-15-10-4-12(2)5-11-15;1-4-11-8(2)5-10(7-13)6-12(11)9(3)14;;/h4,10-11,13-14H,3,6-9H2,1-2H3,(H,17,18);5-7H,4H2,1-3H3;1H3;/q-1;;-1;+2. The molecule has 1 N–H and O–H groups in total. The molecule has 3 rings (SSSR count). The van der Waals surface area contributed by atoms with Gasteiger partial charge in [0, 0.05) is 17.0 Å². The van der Waals surface area contributed by atoms with E-state index in [4.69, 9.17) is 0 Å². The number of aldehydes is 1. The van der Waals surface area contributed by atoms with Crippen molar-refractivity contribution in [3.05, 3.63) is 71.6 Å². The first kappa shape index (κ1) is 32.3. The van der Waals surface area contributed by atoms with Crippen LogP contribution in [0, 0.1) is 70.3 Å². The van der Waals surface area contributed by atoms with Gasteiger partial charge in [0.25, 0.3) is 0 Å². The Morgan fingerprint density at radius 2 is 1.74 bits per heavy atom. The van der Waals surface area contributed by atoms with E-state index in [1.807, 2.05) is 45.0 Å². The molecular weight excluding hydrogens is 648 g/mol. The van der Waals surface area contributed by atoms with Gasteiger partial charge in [-0.2, -0.15) is 23.8 Å². The van der Waals surface area contributed by atoms with Gasteiger partial charge in [0.05, 0.1) is 0 Å². The minimum Gasteiger partial charge on any atom is -0.379 e. The Labute approximate surface area is 230 Å².